The maximum atomic E-state index is 14.5. The summed E-state index contributed by atoms with van der Waals surface area (Å²) in [7, 11) is 0. The average Bonchev–Trinajstić information content (AvgIpc) is 2.59. The lowest BCUT2D eigenvalue weighted by molar-refractivity contribution is 0.100. The topological polar surface area (TPSA) is 106 Å². The highest BCUT2D eigenvalue weighted by Crippen LogP contribution is 2.26. The number of carbonyl (C=O) groups is 1. The molecule has 2 unspecified atom stereocenters. The summed E-state index contributed by atoms with van der Waals surface area (Å²) in [6, 6.07) is 8.60. The minimum absolute atomic E-state index is 0.00231. The van der Waals surface area contributed by atoms with Gasteiger partial charge in [-0.15, -0.1) is 0 Å². The van der Waals surface area contributed by atoms with Crippen LogP contribution in [0.4, 0.5) is 21.7 Å². The largest absolute Gasteiger partial charge is 0.365 e. The highest BCUT2D eigenvalue weighted by molar-refractivity contribution is 5.98. The number of primary amides is 1. The molecule has 0 bridgehead atoms. The molecule has 2 aromatic rings. The van der Waals surface area contributed by atoms with Gasteiger partial charge in [-0.05, 0) is 43.5 Å². The van der Waals surface area contributed by atoms with Crippen LogP contribution in [-0.4, -0.2) is 23.0 Å². The summed E-state index contributed by atoms with van der Waals surface area (Å²) in [5, 5.41) is 6.16. The standard InChI is InChI=1S/C19H24FN5O/c1-11-5-4-6-12(9-11)23-18-13(17(22)26)10-14(20)19(25-18)24-16-8-3-2-7-15(16)21/h4-6,9-10,15-16H,2-3,7-8,21H2,1H3,(H2,22,26)(H2,23,24,25). The maximum absolute atomic E-state index is 14.5. The third-order valence-corrected chi connectivity index (χ3v) is 4.66. The van der Waals surface area contributed by atoms with Gasteiger partial charge in [0, 0.05) is 17.8 Å². The summed E-state index contributed by atoms with van der Waals surface area (Å²) in [4.78, 5) is 16.0. The van der Waals surface area contributed by atoms with E-state index in [1.807, 2.05) is 31.2 Å². The predicted octanol–water partition coefficient (Wildman–Crippen LogP) is 3.05. The van der Waals surface area contributed by atoms with Crippen LogP contribution in [0.3, 0.4) is 0 Å². The van der Waals surface area contributed by atoms with Gasteiger partial charge in [-0.3, -0.25) is 4.79 Å². The summed E-state index contributed by atoms with van der Waals surface area (Å²) in [6.07, 6.45) is 3.88. The number of benzene rings is 1. The van der Waals surface area contributed by atoms with Crippen LogP contribution in [0.2, 0.25) is 0 Å². The van der Waals surface area contributed by atoms with E-state index < -0.39 is 11.7 Å². The van der Waals surface area contributed by atoms with Gasteiger partial charge in [0.2, 0.25) is 0 Å². The summed E-state index contributed by atoms with van der Waals surface area (Å²) < 4.78 is 14.5. The maximum Gasteiger partial charge on any atom is 0.252 e. The Balaban J connectivity index is 1.92. The molecule has 0 radical (unpaired) electrons. The van der Waals surface area contributed by atoms with E-state index in [2.05, 4.69) is 15.6 Å². The molecule has 1 aromatic carbocycles. The Bertz CT molecular complexity index is 811. The molecule has 1 heterocycles. The monoisotopic (exact) mass is 357 g/mol. The molecule has 1 aliphatic rings. The van der Waals surface area contributed by atoms with Crippen molar-refractivity contribution in [3.63, 3.8) is 0 Å². The van der Waals surface area contributed by atoms with Crippen molar-refractivity contribution in [1.82, 2.24) is 4.98 Å². The van der Waals surface area contributed by atoms with Gasteiger partial charge in [0.1, 0.15) is 5.82 Å². The zero-order chi connectivity index (χ0) is 18.7. The minimum atomic E-state index is -0.743. The third-order valence-electron chi connectivity index (χ3n) is 4.66. The number of aryl methyl sites for hydroxylation is 1. The fourth-order valence-electron chi connectivity index (χ4n) is 3.25. The summed E-state index contributed by atoms with van der Waals surface area (Å²) in [5.41, 5.74) is 13.3. The summed E-state index contributed by atoms with van der Waals surface area (Å²) in [6.45, 7) is 1.95. The molecule has 0 saturated heterocycles. The lowest BCUT2D eigenvalue weighted by Gasteiger charge is -2.30. The fraction of sp³-hybridized carbons (Fsp3) is 0.368. The van der Waals surface area contributed by atoms with Crippen molar-refractivity contribution < 1.29 is 9.18 Å². The van der Waals surface area contributed by atoms with E-state index in [4.69, 9.17) is 11.5 Å². The zero-order valence-corrected chi connectivity index (χ0v) is 14.8. The van der Waals surface area contributed by atoms with Gasteiger partial charge in [-0.1, -0.05) is 25.0 Å². The number of hydrogen-bond donors (Lipinski definition) is 4. The Morgan fingerprint density at radius 3 is 2.69 bits per heavy atom. The zero-order valence-electron chi connectivity index (χ0n) is 14.8. The van der Waals surface area contributed by atoms with Crippen molar-refractivity contribution in [2.75, 3.05) is 10.6 Å². The van der Waals surface area contributed by atoms with Gasteiger partial charge in [0.25, 0.3) is 5.91 Å². The van der Waals surface area contributed by atoms with Crippen molar-refractivity contribution in [3.8, 4) is 0 Å². The van der Waals surface area contributed by atoms with Crippen molar-refractivity contribution in [2.45, 2.75) is 44.7 Å². The number of halogens is 1. The van der Waals surface area contributed by atoms with E-state index in [1.165, 1.54) is 0 Å². The van der Waals surface area contributed by atoms with Crippen molar-refractivity contribution in [1.29, 1.82) is 0 Å². The number of nitrogens with two attached hydrogens (primary N) is 2. The third kappa shape index (κ3) is 4.11. The van der Waals surface area contributed by atoms with E-state index in [9.17, 15) is 9.18 Å². The molecule has 1 amide bonds. The van der Waals surface area contributed by atoms with Crippen molar-refractivity contribution in [2.24, 2.45) is 11.5 Å². The minimum Gasteiger partial charge on any atom is -0.365 e. The fourth-order valence-corrected chi connectivity index (χ4v) is 3.25. The van der Waals surface area contributed by atoms with Gasteiger partial charge in [-0.2, -0.15) is 0 Å². The molecule has 1 saturated carbocycles. The van der Waals surface area contributed by atoms with Crippen molar-refractivity contribution >= 4 is 23.2 Å². The second-order valence-electron chi connectivity index (χ2n) is 6.77. The molecule has 0 aliphatic heterocycles. The molecule has 1 fully saturated rings. The summed E-state index contributed by atoms with van der Waals surface area (Å²) >= 11 is 0. The highest BCUT2D eigenvalue weighted by atomic mass is 19.1. The molecule has 138 valence electrons. The number of anilines is 3. The summed E-state index contributed by atoms with van der Waals surface area (Å²) in [5.74, 6) is -1.07. The molecule has 1 aromatic heterocycles. The van der Waals surface area contributed by atoms with Crippen LogP contribution in [0, 0.1) is 12.7 Å². The molecule has 3 rings (SSSR count). The van der Waals surface area contributed by atoms with Crippen LogP contribution in [-0.2, 0) is 0 Å². The highest BCUT2D eigenvalue weighted by Gasteiger charge is 2.24. The van der Waals surface area contributed by atoms with Gasteiger partial charge >= 0.3 is 0 Å². The number of hydrogen-bond acceptors (Lipinski definition) is 5. The molecule has 1 aliphatic carbocycles. The first-order valence-electron chi connectivity index (χ1n) is 8.80. The van der Waals surface area contributed by atoms with Gasteiger partial charge < -0.3 is 22.1 Å². The molecule has 6 N–H and O–H groups in total. The Labute approximate surface area is 152 Å². The van der Waals surface area contributed by atoms with Crippen LogP contribution < -0.4 is 22.1 Å². The first-order valence-corrected chi connectivity index (χ1v) is 8.80. The number of nitrogens with one attached hydrogen (secondary N) is 2. The molecule has 6 nitrogen and oxygen atoms in total. The molecule has 7 heteroatoms. The van der Waals surface area contributed by atoms with E-state index in [0.29, 0.717) is 0 Å². The lowest BCUT2D eigenvalue weighted by Crippen LogP contribution is -2.43. The van der Waals surface area contributed by atoms with Crippen LogP contribution in [0.25, 0.3) is 0 Å². The molecule has 2 atom stereocenters. The first kappa shape index (κ1) is 18.1. The quantitative estimate of drug-likeness (QED) is 0.658. The smallest absolute Gasteiger partial charge is 0.252 e. The molecule has 26 heavy (non-hydrogen) atoms. The average molecular weight is 357 g/mol. The number of carbonyl (C=O) groups excluding carboxylic acids is 1. The Hall–Kier alpha value is -2.67. The lowest BCUT2D eigenvalue weighted by atomic mass is 9.91. The number of nitrogens with zero attached hydrogens (tertiary/aromatic N) is 1. The van der Waals surface area contributed by atoms with Gasteiger partial charge in [0.15, 0.2) is 11.6 Å². The van der Waals surface area contributed by atoms with Crippen LogP contribution >= 0.6 is 0 Å². The second kappa shape index (κ2) is 7.70. The van der Waals surface area contributed by atoms with E-state index in [0.717, 1.165) is 43.0 Å². The Kier molecular flexibility index (Phi) is 5.37. The molecule has 0 spiro atoms. The number of aromatic nitrogens is 1. The van der Waals surface area contributed by atoms with Crippen molar-refractivity contribution in [3.05, 3.63) is 47.3 Å². The van der Waals surface area contributed by atoms with Crippen LogP contribution in [0.15, 0.2) is 30.3 Å². The normalized spacial score (nSPS) is 19.8. The predicted molar refractivity (Wildman–Crippen MR) is 101 cm³/mol. The number of pyridine rings is 1. The SMILES string of the molecule is Cc1cccc(Nc2nc(NC3CCCCC3N)c(F)cc2C(N)=O)c1. The van der Waals surface area contributed by atoms with Crippen LogP contribution in [0.5, 0.6) is 0 Å². The van der Waals surface area contributed by atoms with E-state index in [1.54, 1.807) is 0 Å². The van der Waals surface area contributed by atoms with Gasteiger partial charge in [-0.25, -0.2) is 9.37 Å². The van der Waals surface area contributed by atoms with Crippen LogP contribution in [0.1, 0.15) is 41.6 Å². The Morgan fingerprint density at radius 2 is 2.00 bits per heavy atom. The number of rotatable bonds is 5. The molecular weight excluding hydrogens is 333 g/mol. The first-order chi connectivity index (χ1) is 12.4. The van der Waals surface area contributed by atoms with Gasteiger partial charge in [0.05, 0.1) is 5.56 Å². The second-order valence-corrected chi connectivity index (χ2v) is 6.77. The van der Waals surface area contributed by atoms with E-state index in [-0.39, 0.29) is 29.3 Å². The Morgan fingerprint density at radius 1 is 1.23 bits per heavy atom. The number of amides is 1. The molecular formula is C19H24FN5O. The van der Waals surface area contributed by atoms with E-state index >= 15 is 0 Å².